The van der Waals surface area contributed by atoms with Crippen molar-refractivity contribution in [2.75, 3.05) is 39.5 Å². The number of hydrogen-bond acceptors (Lipinski definition) is 4. The molecule has 6 nitrogen and oxygen atoms in total. The summed E-state index contributed by atoms with van der Waals surface area (Å²) in [5.41, 5.74) is 0. The average molecular weight is 278 g/mol. The normalized spacial score (nSPS) is 32.6. The van der Waals surface area contributed by atoms with Crippen LogP contribution >= 0.6 is 0 Å². The largest absolute Gasteiger partial charge is 0.396 e. The number of rotatable bonds is 3. The first-order valence-electron chi connectivity index (χ1n) is 6.51. The lowest BCUT2D eigenvalue weighted by Gasteiger charge is -2.39. The number of aliphatic hydroxyl groups excluding tert-OH is 1. The summed E-state index contributed by atoms with van der Waals surface area (Å²) in [6.45, 7) is 4.25. The lowest BCUT2D eigenvalue weighted by atomic mass is 10.0. The monoisotopic (exact) mass is 278 g/mol. The number of nitrogens with zero attached hydrogens (tertiary/aromatic N) is 2. The maximum atomic E-state index is 12.5. The van der Waals surface area contributed by atoms with Crippen LogP contribution in [0.25, 0.3) is 0 Å². The summed E-state index contributed by atoms with van der Waals surface area (Å²) in [5.74, 6) is 0.0740. The highest BCUT2D eigenvalue weighted by molar-refractivity contribution is 7.86. The van der Waals surface area contributed by atoms with Crippen LogP contribution in [0.1, 0.15) is 19.8 Å². The van der Waals surface area contributed by atoms with Crippen molar-refractivity contribution >= 4 is 10.2 Å². The van der Waals surface area contributed by atoms with Gasteiger partial charge in [-0.15, -0.1) is 0 Å². The Morgan fingerprint density at radius 2 is 2.17 bits per heavy atom. The SMILES string of the molecule is CC1COCCN1S(=O)(=O)N1CCCC(CO)C1. The molecule has 2 unspecified atom stereocenters. The summed E-state index contributed by atoms with van der Waals surface area (Å²) < 4.78 is 33.4. The van der Waals surface area contributed by atoms with Crippen molar-refractivity contribution in [2.24, 2.45) is 5.92 Å². The van der Waals surface area contributed by atoms with Crippen molar-refractivity contribution in [2.45, 2.75) is 25.8 Å². The van der Waals surface area contributed by atoms with E-state index in [0.717, 1.165) is 12.8 Å². The zero-order chi connectivity index (χ0) is 13.2. The van der Waals surface area contributed by atoms with Crippen LogP contribution in [-0.2, 0) is 14.9 Å². The minimum Gasteiger partial charge on any atom is -0.396 e. The topological polar surface area (TPSA) is 70.1 Å². The lowest BCUT2D eigenvalue weighted by Crippen LogP contribution is -2.54. The molecular formula is C11H22N2O4S. The van der Waals surface area contributed by atoms with E-state index in [1.54, 1.807) is 0 Å². The van der Waals surface area contributed by atoms with Crippen LogP contribution in [0.4, 0.5) is 0 Å². The summed E-state index contributed by atoms with van der Waals surface area (Å²) in [6, 6.07) is -0.113. The molecule has 0 aromatic carbocycles. The van der Waals surface area contributed by atoms with Crippen LogP contribution in [0.3, 0.4) is 0 Å². The maximum absolute atomic E-state index is 12.5. The Balaban J connectivity index is 2.09. The van der Waals surface area contributed by atoms with Crippen molar-refractivity contribution in [1.82, 2.24) is 8.61 Å². The molecule has 18 heavy (non-hydrogen) atoms. The quantitative estimate of drug-likeness (QED) is 0.766. The standard InChI is InChI=1S/C11H22N2O4S/c1-10-9-17-6-5-13(10)18(15,16)12-4-2-3-11(7-12)8-14/h10-11,14H,2-9H2,1H3. The zero-order valence-corrected chi connectivity index (χ0v) is 11.6. The molecule has 2 heterocycles. The van der Waals surface area contributed by atoms with Crippen LogP contribution in [-0.4, -0.2) is 67.6 Å². The van der Waals surface area contributed by atoms with Gasteiger partial charge in [0.05, 0.1) is 13.2 Å². The van der Waals surface area contributed by atoms with Gasteiger partial charge in [-0.1, -0.05) is 0 Å². The van der Waals surface area contributed by atoms with E-state index in [9.17, 15) is 13.5 Å². The van der Waals surface area contributed by atoms with Crippen LogP contribution in [0.2, 0.25) is 0 Å². The molecule has 2 rings (SSSR count). The number of morpholine rings is 1. The molecule has 0 aromatic rings. The van der Waals surface area contributed by atoms with Gasteiger partial charge >= 0.3 is 0 Å². The molecule has 2 saturated heterocycles. The Morgan fingerprint density at radius 3 is 2.83 bits per heavy atom. The molecule has 0 saturated carbocycles. The molecule has 2 atom stereocenters. The Labute approximate surface area is 109 Å². The van der Waals surface area contributed by atoms with Gasteiger partial charge < -0.3 is 9.84 Å². The summed E-state index contributed by atoms with van der Waals surface area (Å²) in [6.07, 6.45) is 1.73. The van der Waals surface area contributed by atoms with E-state index in [-0.39, 0.29) is 18.6 Å². The molecule has 0 aliphatic carbocycles. The number of aliphatic hydroxyl groups is 1. The molecule has 7 heteroatoms. The van der Waals surface area contributed by atoms with E-state index in [0.29, 0.717) is 32.8 Å². The smallest absolute Gasteiger partial charge is 0.282 e. The molecule has 106 valence electrons. The first-order chi connectivity index (χ1) is 8.55. The van der Waals surface area contributed by atoms with Gasteiger partial charge in [-0.05, 0) is 25.7 Å². The minimum absolute atomic E-state index is 0.0602. The number of ether oxygens (including phenoxy) is 1. The second-order valence-electron chi connectivity index (χ2n) is 5.09. The van der Waals surface area contributed by atoms with Gasteiger partial charge in [-0.2, -0.15) is 17.0 Å². The summed E-state index contributed by atoms with van der Waals surface area (Å²) in [4.78, 5) is 0. The molecule has 2 aliphatic rings. The Hall–Kier alpha value is -0.210. The van der Waals surface area contributed by atoms with Gasteiger partial charge in [0.2, 0.25) is 0 Å². The molecular weight excluding hydrogens is 256 g/mol. The van der Waals surface area contributed by atoms with Crippen molar-refractivity contribution in [3.63, 3.8) is 0 Å². The number of piperidine rings is 1. The second kappa shape index (κ2) is 5.83. The molecule has 0 spiro atoms. The zero-order valence-electron chi connectivity index (χ0n) is 10.8. The summed E-state index contributed by atoms with van der Waals surface area (Å²) in [5, 5.41) is 9.18. The molecule has 2 aliphatic heterocycles. The van der Waals surface area contributed by atoms with Gasteiger partial charge in [-0.25, -0.2) is 0 Å². The van der Waals surface area contributed by atoms with E-state index in [4.69, 9.17) is 4.74 Å². The average Bonchev–Trinajstić information content (AvgIpc) is 2.39. The van der Waals surface area contributed by atoms with Crippen LogP contribution in [0.15, 0.2) is 0 Å². The van der Waals surface area contributed by atoms with Crippen molar-refractivity contribution in [3.8, 4) is 0 Å². The van der Waals surface area contributed by atoms with Crippen molar-refractivity contribution in [1.29, 1.82) is 0 Å². The Morgan fingerprint density at radius 1 is 1.39 bits per heavy atom. The lowest BCUT2D eigenvalue weighted by molar-refractivity contribution is 0.0350. The van der Waals surface area contributed by atoms with Crippen LogP contribution in [0.5, 0.6) is 0 Å². The Bertz CT molecular complexity index is 373. The van der Waals surface area contributed by atoms with Crippen LogP contribution in [0, 0.1) is 5.92 Å². The van der Waals surface area contributed by atoms with Crippen molar-refractivity contribution in [3.05, 3.63) is 0 Å². The Kier molecular flexibility index (Phi) is 4.60. The highest BCUT2D eigenvalue weighted by Crippen LogP contribution is 2.23. The van der Waals surface area contributed by atoms with E-state index in [1.807, 2.05) is 6.92 Å². The molecule has 1 N–H and O–H groups in total. The van der Waals surface area contributed by atoms with E-state index >= 15 is 0 Å². The maximum Gasteiger partial charge on any atom is 0.282 e. The first kappa shape index (κ1) is 14.2. The second-order valence-corrected chi connectivity index (χ2v) is 6.97. The van der Waals surface area contributed by atoms with Gasteiger partial charge in [0.15, 0.2) is 0 Å². The fraction of sp³-hybridized carbons (Fsp3) is 1.00. The predicted molar refractivity (Wildman–Crippen MR) is 67.3 cm³/mol. The first-order valence-corrected chi connectivity index (χ1v) is 7.91. The fourth-order valence-electron chi connectivity index (χ4n) is 2.59. The third-order valence-corrected chi connectivity index (χ3v) is 5.79. The molecule has 2 fully saturated rings. The van der Waals surface area contributed by atoms with Gasteiger partial charge in [-0.3, -0.25) is 0 Å². The number of hydrogen-bond donors (Lipinski definition) is 1. The van der Waals surface area contributed by atoms with E-state index < -0.39 is 10.2 Å². The van der Waals surface area contributed by atoms with Gasteiger partial charge in [0.25, 0.3) is 10.2 Å². The minimum atomic E-state index is -3.40. The fourth-order valence-corrected chi connectivity index (χ4v) is 4.47. The highest BCUT2D eigenvalue weighted by atomic mass is 32.2. The van der Waals surface area contributed by atoms with Crippen LogP contribution < -0.4 is 0 Å². The molecule has 0 radical (unpaired) electrons. The van der Waals surface area contributed by atoms with E-state index in [2.05, 4.69) is 0 Å². The highest BCUT2D eigenvalue weighted by Gasteiger charge is 2.37. The predicted octanol–water partition coefficient (Wildman–Crippen LogP) is -0.344. The summed E-state index contributed by atoms with van der Waals surface area (Å²) in [7, 11) is -3.40. The summed E-state index contributed by atoms with van der Waals surface area (Å²) >= 11 is 0. The van der Waals surface area contributed by atoms with Gasteiger partial charge in [0.1, 0.15) is 0 Å². The van der Waals surface area contributed by atoms with E-state index in [1.165, 1.54) is 8.61 Å². The third kappa shape index (κ3) is 2.85. The molecule has 0 amide bonds. The molecule has 0 aromatic heterocycles. The molecule has 0 bridgehead atoms. The van der Waals surface area contributed by atoms with Gasteiger partial charge in [0, 0.05) is 32.3 Å². The third-order valence-electron chi connectivity index (χ3n) is 3.67. The van der Waals surface area contributed by atoms with Crippen molar-refractivity contribution < 1.29 is 18.3 Å².